The Bertz CT molecular complexity index is 554. The molecular weight excluding hydrogens is 320 g/mol. The highest BCUT2D eigenvalue weighted by Crippen LogP contribution is 2.30. The highest BCUT2D eigenvalue weighted by Gasteiger charge is 2.29. The van der Waals surface area contributed by atoms with Crippen molar-refractivity contribution < 1.29 is 4.79 Å². The third-order valence-electron chi connectivity index (χ3n) is 5.82. The number of ketones is 1. The van der Waals surface area contributed by atoms with Gasteiger partial charge in [-0.3, -0.25) is 4.79 Å². The van der Waals surface area contributed by atoms with Gasteiger partial charge in [0.05, 0.1) is 5.02 Å². The number of halogens is 1. The molecule has 0 bridgehead atoms. The Kier molecular flexibility index (Phi) is 6.31. The summed E-state index contributed by atoms with van der Waals surface area (Å²) >= 11 is 6.20. The maximum Gasteiger partial charge on any atom is 0.167 e. The molecule has 3 rings (SSSR count). The molecule has 4 heteroatoms. The molecule has 0 spiro atoms. The van der Waals surface area contributed by atoms with Gasteiger partial charge in [0.1, 0.15) is 0 Å². The average Bonchev–Trinajstić information content (AvgIpc) is 2.61. The summed E-state index contributed by atoms with van der Waals surface area (Å²) in [6, 6.07) is 8.32. The molecule has 1 saturated heterocycles. The van der Waals surface area contributed by atoms with Gasteiger partial charge in [0.25, 0.3) is 0 Å². The van der Waals surface area contributed by atoms with Crippen LogP contribution in [0.15, 0.2) is 24.3 Å². The lowest BCUT2D eigenvalue weighted by molar-refractivity contribution is 0.0874. The third kappa shape index (κ3) is 4.59. The molecule has 1 aliphatic carbocycles. The van der Waals surface area contributed by atoms with Crippen molar-refractivity contribution >= 4 is 17.4 Å². The Hall–Kier alpha value is -0.900. The standard InChI is InChI=1S/C20H29ClN2O/c21-19-4-2-1-3-18(19)20(24)15-11-12-23-17(13-15)10-7-14-5-8-16(22)9-6-14/h1-4,14-17,23H,5-13,22H2. The van der Waals surface area contributed by atoms with Gasteiger partial charge in [-0.05, 0) is 76.0 Å². The van der Waals surface area contributed by atoms with Crippen molar-refractivity contribution in [3.05, 3.63) is 34.9 Å². The van der Waals surface area contributed by atoms with Crippen LogP contribution in [0.5, 0.6) is 0 Å². The number of nitrogens with two attached hydrogens (primary N) is 1. The van der Waals surface area contributed by atoms with Gasteiger partial charge in [0.2, 0.25) is 0 Å². The van der Waals surface area contributed by atoms with E-state index >= 15 is 0 Å². The largest absolute Gasteiger partial charge is 0.328 e. The molecule has 3 N–H and O–H groups in total. The number of carbonyl (C=O) groups excluding carboxylic acids is 1. The number of Topliss-reactive ketones (excluding diaryl/α,β-unsaturated/α-hetero) is 1. The van der Waals surface area contributed by atoms with Crippen molar-refractivity contribution in [3.63, 3.8) is 0 Å². The van der Waals surface area contributed by atoms with E-state index in [2.05, 4.69) is 5.32 Å². The van der Waals surface area contributed by atoms with Crippen LogP contribution in [0.3, 0.4) is 0 Å². The summed E-state index contributed by atoms with van der Waals surface area (Å²) in [5.74, 6) is 1.15. The topological polar surface area (TPSA) is 55.1 Å². The predicted molar refractivity (Wildman–Crippen MR) is 99.5 cm³/mol. The van der Waals surface area contributed by atoms with Gasteiger partial charge in [0, 0.05) is 23.6 Å². The number of hydrogen-bond donors (Lipinski definition) is 2. The maximum atomic E-state index is 12.8. The Morgan fingerprint density at radius 1 is 1.12 bits per heavy atom. The summed E-state index contributed by atoms with van der Waals surface area (Å²) in [6.45, 7) is 0.932. The van der Waals surface area contributed by atoms with Gasteiger partial charge < -0.3 is 11.1 Å². The third-order valence-corrected chi connectivity index (χ3v) is 6.15. The van der Waals surface area contributed by atoms with E-state index in [4.69, 9.17) is 17.3 Å². The zero-order chi connectivity index (χ0) is 16.9. The van der Waals surface area contributed by atoms with Gasteiger partial charge in [-0.15, -0.1) is 0 Å². The van der Waals surface area contributed by atoms with E-state index in [9.17, 15) is 4.79 Å². The summed E-state index contributed by atoms with van der Waals surface area (Å²) in [5.41, 5.74) is 6.68. The van der Waals surface area contributed by atoms with Crippen LogP contribution in [0.2, 0.25) is 5.02 Å². The van der Waals surface area contributed by atoms with Gasteiger partial charge in [0.15, 0.2) is 5.78 Å². The fraction of sp³-hybridized carbons (Fsp3) is 0.650. The zero-order valence-corrected chi connectivity index (χ0v) is 15.1. The molecule has 2 unspecified atom stereocenters. The molecule has 132 valence electrons. The van der Waals surface area contributed by atoms with Crippen molar-refractivity contribution in [2.45, 2.75) is 63.5 Å². The van der Waals surface area contributed by atoms with Crippen molar-refractivity contribution in [2.75, 3.05) is 6.54 Å². The van der Waals surface area contributed by atoms with Crippen LogP contribution in [0, 0.1) is 11.8 Å². The van der Waals surface area contributed by atoms with Crippen LogP contribution in [0.4, 0.5) is 0 Å². The van der Waals surface area contributed by atoms with Crippen LogP contribution in [0.1, 0.15) is 61.7 Å². The van der Waals surface area contributed by atoms with E-state index in [0.29, 0.717) is 22.7 Å². The molecule has 1 heterocycles. The molecule has 0 aromatic heterocycles. The highest BCUT2D eigenvalue weighted by molar-refractivity contribution is 6.34. The van der Waals surface area contributed by atoms with Crippen LogP contribution in [0.25, 0.3) is 0 Å². The van der Waals surface area contributed by atoms with Gasteiger partial charge in [-0.2, -0.15) is 0 Å². The van der Waals surface area contributed by atoms with Gasteiger partial charge >= 0.3 is 0 Å². The molecule has 2 fully saturated rings. The van der Waals surface area contributed by atoms with E-state index in [1.807, 2.05) is 18.2 Å². The van der Waals surface area contributed by atoms with Crippen LogP contribution >= 0.6 is 11.6 Å². The minimum atomic E-state index is 0.107. The molecule has 3 nitrogen and oxygen atoms in total. The van der Waals surface area contributed by atoms with Crippen LogP contribution in [-0.4, -0.2) is 24.4 Å². The summed E-state index contributed by atoms with van der Waals surface area (Å²) in [5, 5.41) is 4.19. The first-order chi connectivity index (χ1) is 11.6. The Morgan fingerprint density at radius 3 is 2.62 bits per heavy atom. The smallest absolute Gasteiger partial charge is 0.167 e. The summed E-state index contributed by atoms with van der Waals surface area (Å²) < 4.78 is 0. The highest BCUT2D eigenvalue weighted by atomic mass is 35.5. The first-order valence-corrected chi connectivity index (χ1v) is 9.79. The fourth-order valence-electron chi connectivity index (χ4n) is 4.26. The van der Waals surface area contributed by atoms with E-state index in [0.717, 1.165) is 25.3 Å². The van der Waals surface area contributed by atoms with Gasteiger partial charge in [-0.25, -0.2) is 0 Å². The van der Waals surface area contributed by atoms with Gasteiger partial charge in [-0.1, -0.05) is 23.7 Å². The van der Waals surface area contributed by atoms with Crippen molar-refractivity contribution in [1.29, 1.82) is 0 Å². The fourth-order valence-corrected chi connectivity index (χ4v) is 4.49. The second kappa shape index (κ2) is 8.46. The first-order valence-electron chi connectivity index (χ1n) is 9.41. The van der Waals surface area contributed by atoms with E-state index < -0.39 is 0 Å². The molecule has 0 radical (unpaired) electrons. The molecule has 0 amide bonds. The normalized spacial score (nSPS) is 30.9. The lowest BCUT2D eigenvalue weighted by Gasteiger charge is -2.32. The number of rotatable bonds is 5. The molecule has 1 aromatic carbocycles. The number of carbonyl (C=O) groups is 1. The minimum absolute atomic E-state index is 0.107. The van der Waals surface area contributed by atoms with Crippen LogP contribution in [-0.2, 0) is 0 Å². The average molecular weight is 349 g/mol. The molecule has 1 aromatic rings. The summed E-state index contributed by atoms with van der Waals surface area (Å²) in [6.07, 6.45) is 9.19. The van der Waals surface area contributed by atoms with Crippen molar-refractivity contribution in [3.8, 4) is 0 Å². The van der Waals surface area contributed by atoms with Crippen molar-refractivity contribution in [2.24, 2.45) is 17.6 Å². The monoisotopic (exact) mass is 348 g/mol. The van der Waals surface area contributed by atoms with E-state index in [1.54, 1.807) is 6.07 Å². The zero-order valence-electron chi connectivity index (χ0n) is 14.3. The number of benzene rings is 1. The van der Waals surface area contributed by atoms with Crippen molar-refractivity contribution in [1.82, 2.24) is 5.32 Å². The second-order valence-electron chi connectivity index (χ2n) is 7.57. The van der Waals surface area contributed by atoms with E-state index in [1.165, 1.54) is 38.5 Å². The minimum Gasteiger partial charge on any atom is -0.328 e. The number of piperidine rings is 1. The molecule has 1 aliphatic heterocycles. The molecule has 2 atom stereocenters. The lowest BCUT2D eigenvalue weighted by atomic mass is 9.80. The molecule has 1 saturated carbocycles. The Morgan fingerprint density at radius 2 is 1.88 bits per heavy atom. The Labute approximate surface area is 150 Å². The lowest BCUT2D eigenvalue weighted by Crippen LogP contribution is -2.41. The quantitative estimate of drug-likeness (QED) is 0.784. The first kappa shape index (κ1) is 17.9. The predicted octanol–water partition coefficient (Wildman–Crippen LogP) is 4.19. The number of nitrogens with one attached hydrogen (secondary N) is 1. The molecule has 2 aliphatic rings. The second-order valence-corrected chi connectivity index (χ2v) is 7.98. The summed E-state index contributed by atoms with van der Waals surface area (Å²) in [4.78, 5) is 12.8. The van der Waals surface area contributed by atoms with Crippen LogP contribution < -0.4 is 11.1 Å². The maximum absolute atomic E-state index is 12.8. The number of hydrogen-bond acceptors (Lipinski definition) is 3. The molecule has 24 heavy (non-hydrogen) atoms. The van der Waals surface area contributed by atoms with E-state index in [-0.39, 0.29) is 11.7 Å². The SMILES string of the molecule is NC1CCC(CCC2CC(C(=O)c3ccccc3Cl)CCN2)CC1. The summed E-state index contributed by atoms with van der Waals surface area (Å²) in [7, 11) is 0. The Balaban J connectivity index is 1.51. The molecular formula is C20H29ClN2O.